The van der Waals surface area contributed by atoms with Crippen molar-refractivity contribution < 1.29 is 9.90 Å². The molecule has 2 heterocycles. The van der Waals surface area contributed by atoms with Crippen LogP contribution < -0.4 is 5.32 Å². The molecular formula is C24H29N3O2. The van der Waals surface area contributed by atoms with Gasteiger partial charge < -0.3 is 10.4 Å². The van der Waals surface area contributed by atoms with Crippen LogP contribution in [0.3, 0.4) is 0 Å². The van der Waals surface area contributed by atoms with Crippen LogP contribution in [-0.2, 0) is 6.54 Å². The Morgan fingerprint density at radius 3 is 2.62 bits per heavy atom. The van der Waals surface area contributed by atoms with Crippen molar-refractivity contribution in [1.29, 1.82) is 0 Å². The Labute approximate surface area is 172 Å². The molecule has 1 aliphatic carbocycles. The summed E-state index contributed by atoms with van der Waals surface area (Å²) in [4.78, 5) is 17.4. The maximum atomic E-state index is 10.9. The number of aromatic carboxylic acids is 1. The van der Waals surface area contributed by atoms with Crippen LogP contribution in [0.5, 0.6) is 0 Å². The van der Waals surface area contributed by atoms with Gasteiger partial charge >= 0.3 is 5.97 Å². The number of carboxylic acids is 1. The third kappa shape index (κ3) is 5.31. The van der Waals surface area contributed by atoms with Crippen LogP contribution in [0.15, 0.2) is 54.2 Å². The van der Waals surface area contributed by atoms with Gasteiger partial charge in [0.1, 0.15) is 5.69 Å². The molecule has 1 unspecified atom stereocenters. The molecule has 2 aromatic rings. The van der Waals surface area contributed by atoms with E-state index >= 15 is 0 Å². The second kappa shape index (κ2) is 8.89. The topological polar surface area (TPSA) is 65.5 Å². The maximum absolute atomic E-state index is 10.9. The second-order valence-electron chi connectivity index (χ2n) is 8.32. The molecule has 1 saturated heterocycles. The molecule has 4 rings (SSSR count). The minimum absolute atomic E-state index is 0.104. The third-order valence-electron chi connectivity index (χ3n) is 6.06. The van der Waals surface area contributed by atoms with Crippen LogP contribution in [0.25, 0.3) is 6.08 Å². The lowest BCUT2D eigenvalue weighted by atomic mass is 10.0. The lowest BCUT2D eigenvalue weighted by Gasteiger charge is -2.32. The summed E-state index contributed by atoms with van der Waals surface area (Å²) in [6.45, 7) is 5.22. The van der Waals surface area contributed by atoms with Gasteiger partial charge in [0.25, 0.3) is 0 Å². The third-order valence-corrected chi connectivity index (χ3v) is 6.06. The van der Waals surface area contributed by atoms with Gasteiger partial charge in [-0.25, -0.2) is 9.78 Å². The largest absolute Gasteiger partial charge is 0.477 e. The summed E-state index contributed by atoms with van der Waals surface area (Å²) in [5.74, 6) is -0.303. The molecule has 1 aliphatic heterocycles. The van der Waals surface area contributed by atoms with Gasteiger partial charge in [0, 0.05) is 24.8 Å². The average molecular weight is 392 g/mol. The molecule has 152 valence electrons. The smallest absolute Gasteiger partial charge is 0.354 e. The monoisotopic (exact) mass is 391 g/mol. The van der Waals surface area contributed by atoms with Crippen LogP contribution in [0.1, 0.15) is 47.8 Å². The first-order valence-corrected chi connectivity index (χ1v) is 10.5. The summed E-state index contributed by atoms with van der Waals surface area (Å²) in [5, 5.41) is 12.8. The van der Waals surface area contributed by atoms with Crippen molar-refractivity contribution in [2.24, 2.45) is 5.92 Å². The van der Waals surface area contributed by atoms with Crippen LogP contribution in [0.2, 0.25) is 0 Å². The Morgan fingerprint density at radius 2 is 1.97 bits per heavy atom. The van der Waals surface area contributed by atoms with E-state index in [1.165, 1.54) is 17.6 Å². The number of carbonyl (C=O) groups is 1. The number of rotatable bonds is 7. The molecule has 1 saturated carbocycles. The highest BCUT2D eigenvalue weighted by Gasteiger charge is 2.39. The molecule has 1 aromatic heterocycles. The number of aromatic nitrogens is 1. The van der Waals surface area contributed by atoms with Gasteiger partial charge in [-0.2, -0.15) is 0 Å². The minimum Gasteiger partial charge on any atom is -0.477 e. The molecule has 5 heteroatoms. The fourth-order valence-corrected chi connectivity index (χ4v) is 4.26. The van der Waals surface area contributed by atoms with Gasteiger partial charge in [-0.15, -0.1) is 0 Å². The number of pyridine rings is 1. The predicted molar refractivity (Wildman–Crippen MR) is 115 cm³/mol. The van der Waals surface area contributed by atoms with E-state index in [1.54, 1.807) is 12.3 Å². The normalized spacial score (nSPS) is 23.1. The van der Waals surface area contributed by atoms with E-state index in [0.29, 0.717) is 18.0 Å². The van der Waals surface area contributed by atoms with Crippen molar-refractivity contribution >= 4 is 12.0 Å². The standard InChI is InChI=1S/C24H29N3O2/c1-17(13-18-5-3-2-4-6-18)21-14-23(21)26-20-9-11-27(12-10-20)16-19-7-8-22(24(28)29)25-15-19/h2-8,13,15,20-21,23,26H,9-12,14,16H2,1H3,(H,28,29)/t21?,23-/m0/s1. The summed E-state index contributed by atoms with van der Waals surface area (Å²) in [7, 11) is 0. The van der Waals surface area contributed by atoms with Crippen LogP contribution in [0.4, 0.5) is 0 Å². The van der Waals surface area contributed by atoms with Gasteiger partial charge in [-0.05, 0) is 62.4 Å². The molecule has 2 aliphatic rings. The first-order chi connectivity index (χ1) is 14.1. The zero-order chi connectivity index (χ0) is 20.2. The van der Waals surface area contributed by atoms with E-state index in [4.69, 9.17) is 5.11 Å². The number of carboxylic acid groups (broad SMARTS) is 1. The Morgan fingerprint density at radius 1 is 1.21 bits per heavy atom. The zero-order valence-electron chi connectivity index (χ0n) is 16.9. The molecule has 2 fully saturated rings. The summed E-state index contributed by atoms with van der Waals surface area (Å²) in [6.07, 6.45) is 7.57. The van der Waals surface area contributed by atoms with E-state index in [-0.39, 0.29) is 5.69 Å². The molecular weight excluding hydrogens is 362 g/mol. The van der Waals surface area contributed by atoms with Gasteiger partial charge in [0.2, 0.25) is 0 Å². The second-order valence-corrected chi connectivity index (χ2v) is 8.32. The maximum Gasteiger partial charge on any atom is 0.354 e. The van der Waals surface area contributed by atoms with Gasteiger partial charge in [-0.1, -0.05) is 48.0 Å². The van der Waals surface area contributed by atoms with E-state index < -0.39 is 5.97 Å². The van der Waals surface area contributed by atoms with Crippen molar-refractivity contribution in [3.8, 4) is 0 Å². The van der Waals surface area contributed by atoms with Crippen LogP contribution in [0, 0.1) is 5.92 Å². The number of piperidine rings is 1. The van der Waals surface area contributed by atoms with Crippen molar-refractivity contribution in [3.05, 3.63) is 71.1 Å². The Kier molecular flexibility index (Phi) is 6.07. The van der Waals surface area contributed by atoms with Gasteiger partial charge in [-0.3, -0.25) is 4.90 Å². The molecule has 0 spiro atoms. The summed E-state index contributed by atoms with van der Waals surface area (Å²) >= 11 is 0. The van der Waals surface area contributed by atoms with Crippen molar-refractivity contribution in [3.63, 3.8) is 0 Å². The van der Waals surface area contributed by atoms with Crippen LogP contribution in [-0.4, -0.2) is 46.1 Å². The quantitative estimate of drug-likeness (QED) is 0.751. The first-order valence-electron chi connectivity index (χ1n) is 10.5. The van der Waals surface area contributed by atoms with Crippen LogP contribution >= 0.6 is 0 Å². The summed E-state index contributed by atoms with van der Waals surface area (Å²) < 4.78 is 0. The molecule has 0 amide bonds. The van der Waals surface area contributed by atoms with Crippen molar-refractivity contribution in [2.75, 3.05) is 13.1 Å². The van der Waals surface area contributed by atoms with Crippen molar-refractivity contribution in [2.45, 2.75) is 44.8 Å². The van der Waals surface area contributed by atoms with E-state index in [9.17, 15) is 4.79 Å². The molecule has 2 atom stereocenters. The molecule has 29 heavy (non-hydrogen) atoms. The summed E-state index contributed by atoms with van der Waals surface area (Å²) in [6, 6.07) is 15.2. The summed E-state index contributed by atoms with van der Waals surface area (Å²) in [5.41, 5.74) is 3.94. The fraction of sp³-hybridized carbons (Fsp3) is 0.417. The highest BCUT2D eigenvalue weighted by molar-refractivity contribution is 5.85. The average Bonchev–Trinajstić information content (AvgIpc) is 3.50. The molecule has 5 nitrogen and oxygen atoms in total. The minimum atomic E-state index is -0.976. The van der Waals surface area contributed by atoms with Crippen molar-refractivity contribution in [1.82, 2.24) is 15.2 Å². The first kappa shape index (κ1) is 19.8. The number of likely N-dealkylation sites (tertiary alicyclic amines) is 1. The highest BCUT2D eigenvalue weighted by Crippen LogP contribution is 2.38. The Hall–Kier alpha value is -2.50. The molecule has 0 bridgehead atoms. The lowest BCUT2D eigenvalue weighted by Crippen LogP contribution is -2.43. The molecule has 0 radical (unpaired) electrons. The highest BCUT2D eigenvalue weighted by atomic mass is 16.4. The number of nitrogens with one attached hydrogen (secondary N) is 1. The number of hydrogen-bond donors (Lipinski definition) is 2. The predicted octanol–water partition coefficient (Wildman–Crippen LogP) is 3.83. The zero-order valence-corrected chi connectivity index (χ0v) is 16.9. The lowest BCUT2D eigenvalue weighted by molar-refractivity contribution is 0.0690. The number of benzene rings is 1. The number of nitrogens with zero attached hydrogens (tertiary/aromatic N) is 2. The fourth-order valence-electron chi connectivity index (χ4n) is 4.26. The van der Waals surface area contributed by atoms with E-state index in [0.717, 1.165) is 38.0 Å². The Balaban J connectivity index is 1.21. The van der Waals surface area contributed by atoms with Gasteiger partial charge in [0.05, 0.1) is 0 Å². The van der Waals surface area contributed by atoms with Gasteiger partial charge in [0.15, 0.2) is 0 Å². The Bertz CT molecular complexity index is 855. The molecule has 1 aromatic carbocycles. The van der Waals surface area contributed by atoms with E-state index in [2.05, 4.69) is 58.5 Å². The SMILES string of the molecule is CC(=Cc1ccccc1)C1C[C@@H]1NC1CCN(Cc2ccc(C(=O)O)nc2)CC1. The number of hydrogen-bond acceptors (Lipinski definition) is 4. The van der Waals surface area contributed by atoms with E-state index in [1.807, 2.05) is 6.07 Å². The molecule has 2 N–H and O–H groups in total.